The van der Waals surface area contributed by atoms with Gasteiger partial charge in [0.15, 0.2) is 29.4 Å². The molecule has 3 aromatic heterocycles. The minimum atomic E-state index is -0.953. The van der Waals surface area contributed by atoms with Gasteiger partial charge in [0.25, 0.3) is 0 Å². The maximum absolute atomic E-state index is 14.2. The Morgan fingerprint density at radius 1 is 1.08 bits per heavy atom. The van der Waals surface area contributed by atoms with Gasteiger partial charge < -0.3 is 4.42 Å². The Hall–Kier alpha value is -3.09. The van der Waals surface area contributed by atoms with Crippen LogP contribution in [0.3, 0.4) is 0 Å². The first-order valence-corrected chi connectivity index (χ1v) is 7.79. The van der Waals surface area contributed by atoms with Crippen LogP contribution in [-0.2, 0) is 0 Å². The first kappa shape index (κ1) is 15.4. The smallest absolute Gasteiger partial charge is 0.182 e. The zero-order valence-corrected chi connectivity index (χ0v) is 13.6. The number of fused-ring (bicyclic) bond motifs is 1. The predicted octanol–water partition coefficient (Wildman–Crippen LogP) is 4.45. The van der Waals surface area contributed by atoms with Crippen LogP contribution in [0.4, 0.5) is 8.78 Å². The van der Waals surface area contributed by atoms with E-state index in [-0.39, 0.29) is 17.2 Å². The van der Waals surface area contributed by atoms with Gasteiger partial charge in [0.1, 0.15) is 11.5 Å². The highest BCUT2D eigenvalue weighted by Crippen LogP contribution is 2.33. The molecular formula is C18H14F2N4O. The van der Waals surface area contributed by atoms with Gasteiger partial charge in [0.05, 0.1) is 0 Å². The van der Waals surface area contributed by atoms with E-state index in [1.165, 1.54) is 18.5 Å². The van der Waals surface area contributed by atoms with Crippen LogP contribution in [-0.4, -0.2) is 19.6 Å². The Morgan fingerprint density at radius 3 is 2.72 bits per heavy atom. The second kappa shape index (κ2) is 5.77. The molecule has 0 amide bonds. The van der Waals surface area contributed by atoms with E-state index in [0.29, 0.717) is 17.0 Å². The van der Waals surface area contributed by atoms with Crippen LogP contribution >= 0.6 is 0 Å². The van der Waals surface area contributed by atoms with Gasteiger partial charge >= 0.3 is 0 Å². The van der Waals surface area contributed by atoms with Crippen molar-refractivity contribution < 1.29 is 13.2 Å². The summed E-state index contributed by atoms with van der Waals surface area (Å²) in [5.74, 6) is -0.543. The summed E-state index contributed by atoms with van der Waals surface area (Å²) in [5.41, 5.74) is 1.67. The number of oxazole rings is 1. The lowest BCUT2D eigenvalue weighted by Crippen LogP contribution is -1.97. The second-order valence-electron chi connectivity index (χ2n) is 5.99. The van der Waals surface area contributed by atoms with Crippen LogP contribution in [0.1, 0.15) is 25.6 Å². The second-order valence-corrected chi connectivity index (χ2v) is 5.99. The van der Waals surface area contributed by atoms with Crippen LogP contribution in [0.15, 0.2) is 47.3 Å². The third-order valence-corrected chi connectivity index (χ3v) is 3.98. The maximum atomic E-state index is 14.2. The summed E-state index contributed by atoms with van der Waals surface area (Å²) < 4.78 is 35.0. The van der Waals surface area contributed by atoms with E-state index in [2.05, 4.69) is 15.2 Å². The summed E-state index contributed by atoms with van der Waals surface area (Å²) in [5, 5.41) is 8.31. The predicted molar refractivity (Wildman–Crippen MR) is 87.9 cm³/mol. The van der Waals surface area contributed by atoms with Crippen molar-refractivity contribution >= 4 is 5.65 Å². The number of nitrogens with zero attached hydrogens (tertiary/aromatic N) is 4. The Labute approximate surface area is 142 Å². The zero-order chi connectivity index (χ0) is 17.6. The molecule has 0 spiro atoms. The Kier molecular flexibility index (Phi) is 3.56. The average Bonchev–Trinajstić information content (AvgIpc) is 3.23. The van der Waals surface area contributed by atoms with Crippen LogP contribution in [0.2, 0.25) is 0 Å². The summed E-state index contributed by atoms with van der Waals surface area (Å²) >= 11 is 0. The molecule has 0 N–H and O–H groups in total. The highest BCUT2D eigenvalue weighted by molar-refractivity contribution is 5.77. The van der Waals surface area contributed by atoms with Gasteiger partial charge in [-0.3, -0.25) is 4.40 Å². The van der Waals surface area contributed by atoms with Crippen molar-refractivity contribution in [2.24, 2.45) is 0 Å². The fourth-order valence-electron chi connectivity index (χ4n) is 2.77. The largest absolute Gasteiger partial charge is 0.443 e. The van der Waals surface area contributed by atoms with Gasteiger partial charge in [-0.2, -0.15) is 0 Å². The SMILES string of the molecule is CC(C)c1nnc2ccc(-c3ocnc3-c3cccc(F)c3F)cn12. The van der Waals surface area contributed by atoms with Gasteiger partial charge in [-0.1, -0.05) is 19.9 Å². The monoisotopic (exact) mass is 340 g/mol. The summed E-state index contributed by atoms with van der Waals surface area (Å²) in [4.78, 5) is 4.08. The molecule has 1 aromatic carbocycles. The van der Waals surface area contributed by atoms with Gasteiger partial charge in [-0.05, 0) is 24.3 Å². The molecule has 0 bridgehead atoms. The van der Waals surface area contributed by atoms with Crippen molar-refractivity contribution in [2.75, 3.05) is 0 Å². The van der Waals surface area contributed by atoms with Gasteiger partial charge in [-0.15, -0.1) is 10.2 Å². The van der Waals surface area contributed by atoms with Crippen molar-refractivity contribution in [3.63, 3.8) is 0 Å². The van der Waals surface area contributed by atoms with Gasteiger partial charge in [0, 0.05) is 23.2 Å². The van der Waals surface area contributed by atoms with E-state index in [1.54, 1.807) is 12.1 Å². The lowest BCUT2D eigenvalue weighted by atomic mass is 10.1. The fourth-order valence-corrected chi connectivity index (χ4v) is 2.77. The fraction of sp³-hybridized carbons (Fsp3) is 0.167. The molecule has 0 fully saturated rings. The molecule has 0 saturated heterocycles. The normalized spacial score (nSPS) is 11.6. The number of pyridine rings is 1. The van der Waals surface area contributed by atoms with Crippen LogP contribution < -0.4 is 0 Å². The summed E-state index contributed by atoms with van der Waals surface area (Å²) in [6.07, 6.45) is 3.03. The molecule has 0 aliphatic carbocycles. The Morgan fingerprint density at radius 2 is 1.92 bits per heavy atom. The van der Waals surface area contributed by atoms with Crippen LogP contribution in [0.25, 0.3) is 28.2 Å². The molecule has 0 aliphatic rings. The Balaban J connectivity index is 1.89. The molecule has 5 nitrogen and oxygen atoms in total. The van der Waals surface area contributed by atoms with E-state index in [0.717, 1.165) is 11.9 Å². The summed E-state index contributed by atoms with van der Waals surface area (Å²) in [7, 11) is 0. The van der Waals surface area contributed by atoms with Gasteiger partial charge in [-0.25, -0.2) is 13.8 Å². The minimum Gasteiger partial charge on any atom is -0.443 e. The molecule has 0 radical (unpaired) electrons. The van der Waals surface area contributed by atoms with Crippen LogP contribution in [0.5, 0.6) is 0 Å². The average molecular weight is 340 g/mol. The van der Waals surface area contributed by atoms with Crippen molar-refractivity contribution in [1.29, 1.82) is 0 Å². The molecular weight excluding hydrogens is 326 g/mol. The number of hydrogen-bond acceptors (Lipinski definition) is 4. The molecule has 3 heterocycles. The Bertz CT molecular complexity index is 1070. The highest BCUT2D eigenvalue weighted by atomic mass is 19.2. The number of hydrogen-bond donors (Lipinski definition) is 0. The quantitative estimate of drug-likeness (QED) is 0.553. The summed E-state index contributed by atoms with van der Waals surface area (Å²) in [6, 6.07) is 7.55. The maximum Gasteiger partial charge on any atom is 0.182 e. The van der Waals surface area contributed by atoms with E-state index in [9.17, 15) is 8.78 Å². The first-order valence-electron chi connectivity index (χ1n) is 7.79. The molecule has 4 aromatic rings. The van der Waals surface area contributed by atoms with Crippen LogP contribution in [0, 0.1) is 11.6 Å². The molecule has 7 heteroatoms. The number of halogens is 2. The third-order valence-electron chi connectivity index (χ3n) is 3.98. The molecule has 0 saturated carbocycles. The standard InChI is InChI=1S/C18H14F2N4O/c1-10(2)18-23-22-14-7-6-11(8-24(14)18)17-16(21-9-25-17)12-4-3-5-13(19)15(12)20/h3-10H,1-2H3. The van der Waals surface area contributed by atoms with Crippen molar-refractivity contribution in [2.45, 2.75) is 19.8 Å². The van der Waals surface area contributed by atoms with E-state index >= 15 is 0 Å². The topological polar surface area (TPSA) is 56.2 Å². The number of benzene rings is 1. The minimum absolute atomic E-state index is 0.0525. The molecule has 126 valence electrons. The third kappa shape index (κ3) is 2.48. The zero-order valence-electron chi connectivity index (χ0n) is 13.6. The number of rotatable bonds is 3. The van der Waals surface area contributed by atoms with Crippen molar-refractivity contribution in [3.8, 4) is 22.6 Å². The van der Waals surface area contributed by atoms with E-state index in [1.807, 2.05) is 24.4 Å². The lowest BCUT2D eigenvalue weighted by molar-refractivity contribution is 0.511. The molecule has 0 aliphatic heterocycles. The molecule has 4 rings (SSSR count). The molecule has 25 heavy (non-hydrogen) atoms. The lowest BCUT2D eigenvalue weighted by Gasteiger charge is -2.06. The molecule has 0 atom stereocenters. The van der Waals surface area contributed by atoms with Crippen molar-refractivity contribution in [3.05, 3.63) is 60.4 Å². The van der Waals surface area contributed by atoms with E-state index < -0.39 is 11.6 Å². The highest BCUT2D eigenvalue weighted by Gasteiger charge is 2.19. The molecule has 0 unspecified atom stereocenters. The number of aromatic nitrogens is 4. The first-order chi connectivity index (χ1) is 12.1. The van der Waals surface area contributed by atoms with Gasteiger partial charge in [0.2, 0.25) is 0 Å². The van der Waals surface area contributed by atoms with Crippen molar-refractivity contribution in [1.82, 2.24) is 19.6 Å². The summed E-state index contributed by atoms with van der Waals surface area (Å²) in [6.45, 7) is 4.04. The van der Waals surface area contributed by atoms with E-state index in [4.69, 9.17) is 4.42 Å².